The molecule has 0 unspecified atom stereocenters. The summed E-state index contributed by atoms with van der Waals surface area (Å²) in [5.74, 6) is 1.43. The Morgan fingerprint density at radius 2 is 2.00 bits per heavy atom. The van der Waals surface area contributed by atoms with Crippen molar-refractivity contribution in [3.63, 3.8) is 0 Å². The summed E-state index contributed by atoms with van der Waals surface area (Å²) in [6.45, 7) is 2.86. The molecule has 1 saturated carbocycles. The monoisotopic (exact) mass is 305 g/mol. The van der Waals surface area contributed by atoms with Crippen LogP contribution in [0.4, 0.5) is 0 Å². The summed E-state index contributed by atoms with van der Waals surface area (Å²) in [6.07, 6.45) is 5.22. The molecule has 1 aromatic carbocycles. The molecule has 4 heteroatoms. The van der Waals surface area contributed by atoms with Crippen LogP contribution in [0.15, 0.2) is 24.3 Å². The molecule has 0 saturated heterocycles. The van der Waals surface area contributed by atoms with Crippen molar-refractivity contribution < 1.29 is 14.6 Å². The fourth-order valence-electron chi connectivity index (χ4n) is 2.92. The Kier molecular flexibility index (Phi) is 6.72. The van der Waals surface area contributed by atoms with E-state index in [9.17, 15) is 4.79 Å². The van der Waals surface area contributed by atoms with Gasteiger partial charge in [0.05, 0.1) is 6.61 Å². The molecule has 1 aliphatic carbocycles. The van der Waals surface area contributed by atoms with E-state index < -0.39 is 0 Å². The van der Waals surface area contributed by atoms with Crippen molar-refractivity contribution in [1.29, 1.82) is 0 Å². The minimum atomic E-state index is 0.112. The number of aliphatic hydroxyl groups excluding tert-OH is 1. The van der Waals surface area contributed by atoms with Crippen molar-refractivity contribution in [1.82, 2.24) is 5.32 Å². The SMILES string of the molecule is Cc1ccccc1OCCCC(=O)NC1CCC(CO)CC1. The quantitative estimate of drug-likeness (QED) is 0.762. The Morgan fingerprint density at radius 1 is 1.27 bits per heavy atom. The van der Waals surface area contributed by atoms with Crippen LogP contribution >= 0.6 is 0 Å². The van der Waals surface area contributed by atoms with E-state index in [0.29, 0.717) is 18.9 Å². The lowest BCUT2D eigenvalue weighted by molar-refractivity contribution is -0.122. The summed E-state index contributed by atoms with van der Waals surface area (Å²) in [6, 6.07) is 8.20. The van der Waals surface area contributed by atoms with E-state index in [1.165, 1.54) is 0 Å². The third-order valence-corrected chi connectivity index (χ3v) is 4.37. The van der Waals surface area contributed by atoms with Gasteiger partial charge in [0.15, 0.2) is 0 Å². The number of para-hydroxylation sites is 1. The normalized spacial score (nSPS) is 21.4. The summed E-state index contributed by atoms with van der Waals surface area (Å²) >= 11 is 0. The van der Waals surface area contributed by atoms with Gasteiger partial charge in [0.25, 0.3) is 0 Å². The largest absolute Gasteiger partial charge is 0.493 e. The lowest BCUT2D eigenvalue weighted by Gasteiger charge is -2.27. The lowest BCUT2D eigenvalue weighted by Crippen LogP contribution is -2.38. The average Bonchev–Trinajstić information content (AvgIpc) is 2.54. The molecule has 1 aliphatic rings. The molecule has 0 atom stereocenters. The van der Waals surface area contributed by atoms with Crippen LogP contribution in [-0.4, -0.2) is 30.3 Å². The number of hydrogen-bond donors (Lipinski definition) is 2. The van der Waals surface area contributed by atoms with Crippen molar-refractivity contribution in [2.45, 2.75) is 51.5 Å². The fraction of sp³-hybridized carbons (Fsp3) is 0.611. The highest BCUT2D eigenvalue weighted by atomic mass is 16.5. The van der Waals surface area contributed by atoms with Crippen LogP contribution in [0.25, 0.3) is 0 Å². The highest BCUT2D eigenvalue weighted by molar-refractivity contribution is 5.76. The first-order valence-electron chi connectivity index (χ1n) is 8.27. The van der Waals surface area contributed by atoms with E-state index >= 15 is 0 Å². The number of benzene rings is 1. The first kappa shape index (κ1) is 16.8. The summed E-state index contributed by atoms with van der Waals surface area (Å²) in [5.41, 5.74) is 1.12. The van der Waals surface area contributed by atoms with Gasteiger partial charge in [-0.1, -0.05) is 18.2 Å². The molecule has 2 rings (SSSR count). The average molecular weight is 305 g/mol. The smallest absolute Gasteiger partial charge is 0.220 e. The number of nitrogens with one attached hydrogen (secondary N) is 1. The van der Waals surface area contributed by atoms with Gasteiger partial charge >= 0.3 is 0 Å². The van der Waals surface area contributed by atoms with Crippen LogP contribution in [0.2, 0.25) is 0 Å². The second kappa shape index (κ2) is 8.79. The van der Waals surface area contributed by atoms with Gasteiger partial charge in [0.1, 0.15) is 5.75 Å². The first-order valence-corrected chi connectivity index (χ1v) is 8.27. The van der Waals surface area contributed by atoms with Gasteiger partial charge in [-0.3, -0.25) is 4.79 Å². The number of hydrogen-bond acceptors (Lipinski definition) is 3. The molecule has 0 bridgehead atoms. The molecule has 0 aromatic heterocycles. The predicted molar refractivity (Wildman–Crippen MR) is 86.9 cm³/mol. The van der Waals surface area contributed by atoms with Gasteiger partial charge in [-0.25, -0.2) is 0 Å². The van der Waals surface area contributed by atoms with Gasteiger partial charge < -0.3 is 15.2 Å². The van der Waals surface area contributed by atoms with E-state index in [1.807, 2.05) is 31.2 Å². The van der Waals surface area contributed by atoms with Crippen molar-refractivity contribution in [3.8, 4) is 5.75 Å². The molecule has 1 fully saturated rings. The second-order valence-corrected chi connectivity index (χ2v) is 6.19. The maximum atomic E-state index is 11.9. The topological polar surface area (TPSA) is 58.6 Å². The Bertz CT molecular complexity index is 467. The Morgan fingerprint density at radius 3 is 2.68 bits per heavy atom. The fourth-order valence-corrected chi connectivity index (χ4v) is 2.92. The number of rotatable bonds is 7. The Hall–Kier alpha value is -1.55. The molecule has 4 nitrogen and oxygen atoms in total. The van der Waals surface area contributed by atoms with Gasteiger partial charge in [0, 0.05) is 19.1 Å². The van der Waals surface area contributed by atoms with E-state index in [1.54, 1.807) is 0 Å². The van der Waals surface area contributed by atoms with E-state index in [2.05, 4.69) is 5.32 Å². The maximum absolute atomic E-state index is 11.9. The van der Waals surface area contributed by atoms with Crippen LogP contribution in [0.5, 0.6) is 5.75 Å². The predicted octanol–water partition coefficient (Wildman–Crippen LogP) is 2.82. The van der Waals surface area contributed by atoms with E-state index in [4.69, 9.17) is 9.84 Å². The molecular weight excluding hydrogens is 278 g/mol. The summed E-state index contributed by atoms with van der Waals surface area (Å²) in [5, 5.41) is 12.2. The van der Waals surface area contributed by atoms with Crippen molar-refractivity contribution >= 4 is 5.91 Å². The van der Waals surface area contributed by atoms with Crippen LogP contribution in [0.3, 0.4) is 0 Å². The standard InChI is InChI=1S/C18H27NO3/c1-14-5-2-3-6-17(14)22-12-4-7-18(21)19-16-10-8-15(13-20)9-11-16/h2-3,5-6,15-16,20H,4,7-13H2,1H3,(H,19,21). The molecule has 1 amide bonds. The van der Waals surface area contributed by atoms with E-state index in [-0.39, 0.29) is 18.6 Å². The van der Waals surface area contributed by atoms with Crippen molar-refractivity contribution in [2.24, 2.45) is 5.92 Å². The number of carbonyl (C=O) groups excluding carboxylic acids is 1. The van der Waals surface area contributed by atoms with Gasteiger partial charge in [0.2, 0.25) is 5.91 Å². The van der Waals surface area contributed by atoms with Crippen molar-refractivity contribution in [3.05, 3.63) is 29.8 Å². The van der Waals surface area contributed by atoms with Crippen LogP contribution in [-0.2, 0) is 4.79 Å². The van der Waals surface area contributed by atoms with Crippen LogP contribution in [0, 0.1) is 12.8 Å². The highest BCUT2D eigenvalue weighted by Crippen LogP contribution is 2.23. The molecule has 0 spiro atoms. The molecule has 0 aliphatic heterocycles. The summed E-state index contributed by atoms with van der Waals surface area (Å²) in [7, 11) is 0. The Labute approximate surface area is 132 Å². The van der Waals surface area contributed by atoms with Gasteiger partial charge in [-0.2, -0.15) is 0 Å². The highest BCUT2D eigenvalue weighted by Gasteiger charge is 2.21. The van der Waals surface area contributed by atoms with Gasteiger partial charge in [-0.15, -0.1) is 0 Å². The summed E-state index contributed by atoms with van der Waals surface area (Å²) in [4.78, 5) is 11.9. The third kappa shape index (κ3) is 5.34. The zero-order valence-corrected chi connectivity index (χ0v) is 13.4. The molecule has 0 radical (unpaired) electrons. The molecule has 22 heavy (non-hydrogen) atoms. The maximum Gasteiger partial charge on any atom is 0.220 e. The summed E-state index contributed by atoms with van der Waals surface area (Å²) < 4.78 is 5.70. The van der Waals surface area contributed by atoms with Crippen molar-refractivity contribution in [2.75, 3.05) is 13.2 Å². The van der Waals surface area contributed by atoms with Crippen LogP contribution in [0.1, 0.15) is 44.1 Å². The second-order valence-electron chi connectivity index (χ2n) is 6.19. The first-order chi connectivity index (χ1) is 10.7. The lowest BCUT2D eigenvalue weighted by atomic mass is 9.86. The molecule has 1 aromatic rings. The van der Waals surface area contributed by atoms with Gasteiger partial charge in [-0.05, 0) is 56.6 Å². The molecule has 0 heterocycles. The zero-order valence-electron chi connectivity index (χ0n) is 13.4. The number of amides is 1. The Balaban J connectivity index is 1.59. The molecule has 2 N–H and O–H groups in total. The molecular formula is C18H27NO3. The van der Waals surface area contributed by atoms with E-state index in [0.717, 1.165) is 43.4 Å². The number of ether oxygens (including phenoxy) is 1. The minimum absolute atomic E-state index is 0.112. The minimum Gasteiger partial charge on any atom is -0.493 e. The third-order valence-electron chi connectivity index (χ3n) is 4.37. The van der Waals surface area contributed by atoms with Crippen LogP contribution < -0.4 is 10.1 Å². The zero-order chi connectivity index (χ0) is 15.8. The number of aliphatic hydroxyl groups is 1. The number of aryl methyl sites for hydroxylation is 1. The number of carbonyl (C=O) groups is 1. The molecule has 122 valence electrons.